The maximum atomic E-state index is 5.60. The zero-order valence-electron chi connectivity index (χ0n) is 13.2. The summed E-state index contributed by atoms with van der Waals surface area (Å²) in [7, 11) is 0. The van der Waals surface area contributed by atoms with Gasteiger partial charge < -0.3 is 9.73 Å². The van der Waals surface area contributed by atoms with Crippen LogP contribution < -0.4 is 5.32 Å². The summed E-state index contributed by atoms with van der Waals surface area (Å²) in [5.41, 5.74) is 1.90. The molecule has 2 heteroatoms. The third kappa shape index (κ3) is 2.95. The van der Waals surface area contributed by atoms with Gasteiger partial charge in [-0.05, 0) is 55.9 Å². The van der Waals surface area contributed by atoms with Gasteiger partial charge in [-0.25, -0.2) is 0 Å². The average molecular weight is 275 g/mol. The van der Waals surface area contributed by atoms with E-state index in [1.54, 1.807) is 0 Å². The second-order valence-corrected chi connectivity index (χ2v) is 7.83. The minimum atomic E-state index is 0.480. The molecule has 112 valence electrons. The fraction of sp³-hybridized carbons (Fsp3) is 0.778. The van der Waals surface area contributed by atoms with Crippen LogP contribution in [-0.2, 0) is 6.42 Å². The van der Waals surface area contributed by atoms with Gasteiger partial charge in [0.15, 0.2) is 0 Å². The van der Waals surface area contributed by atoms with Crippen LogP contribution in [0.1, 0.15) is 76.7 Å². The van der Waals surface area contributed by atoms with Crippen molar-refractivity contribution < 1.29 is 4.42 Å². The van der Waals surface area contributed by atoms with Crippen LogP contribution in [0.15, 0.2) is 16.7 Å². The predicted molar refractivity (Wildman–Crippen MR) is 82.7 cm³/mol. The van der Waals surface area contributed by atoms with Gasteiger partial charge in [0, 0.05) is 24.1 Å². The van der Waals surface area contributed by atoms with Gasteiger partial charge >= 0.3 is 0 Å². The van der Waals surface area contributed by atoms with E-state index in [0.717, 1.165) is 12.3 Å². The second kappa shape index (κ2) is 5.55. The summed E-state index contributed by atoms with van der Waals surface area (Å²) in [5, 5.41) is 3.91. The predicted octanol–water partition coefficient (Wildman–Crippen LogP) is 4.85. The molecule has 0 spiro atoms. The van der Waals surface area contributed by atoms with Crippen LogP contribution in [0, 0.1) is 11.3 Å². The number of hydrogen-bond donors (Lipinski definition) is 1. The summed E-state index contributed by atoms with van der Waals surface area (Å²) in [6.07, 6.45) is 11.0. The quantitative estimate of drug-likeness (QED) is 0.834. The van der Waals surface area contributed by atoms with Crippen molar-refractivity contribution in [3.63, 3.8) is 0 Å². The lowest BCUT2D eigenvalue weighted by atomic mass is 9.71. The summed E-state index contributed by atoms with van der Waals surface area (Å²) >= 11 is 0. The van der Waals surface area contributed by atoms with Crippen molar-refractivity contribution in [3.05, 3.63) is 23.7 Å². The van der Waals surface area contributed by atoms with Crippen molar-refractivity contribution in [1.29, 1.82) is 0 Å². The van der Waals surface area contributed by atoms with E-state index in [0.29, 0.717) is 17.5 Å². The first kappa shape index (κ1) is 14.2. The maximum absolute atomic E-state index is 5.60. The standard InChI is InChI=1S/C18H29NO/c1-18(2,3)13-7-9-14(10-8-13)19-16-5-4-6-17-15(16)11-12-20-17/h11-14,16,19H,4-10H2,1-3H3. The smallest absolute Gasteiger partial charge is 0.108 e. The molecule has 3 rings (SSSR count). The summed E-state index contributed by atoms with van der Waals surface area (Å²) in [6.45, 7) is 7.18. The van der Waals surface area contributed by atoms with Crippen molar-refractivity contribution in [3.8, 4) is 0 Å². The Morgan fingerprint density at radius 2 is 1.85 bits per heavy atom. The molecule has 2 nitrogen and oxygen atoms in total. The number of rotatable bonds is 2. The lowest BCUT2D eigenvalue weighted by molar-refractivity contribution is 0.154. The fourth-order valence-corrected chi connectivity index (χ4v) is 4.07. The highest BCUT2D eigenvalue weighted by molar-refractivity contribution is 5.24. The van der Waals surface area contributed by atoms with Gasteiger partial charge in [0.25, 0.3) is 0 Å². The van der Waals surface area contributed by atoms with Gasteiger partial charge in [-0.2, -0.15) is 0 Å². The molecule has 1 aromatic heterocycles. The highest BCUT2D eigenvalue weighted by Gasteiger charge is 2.31. The topological polar surface area (TPSA) is 25.2 Å². The van der Waals surface area contributed by atoms with Gasteiger partial charge in [-0.3, -0.25) is 0 Å². The Labute approximate surface area is 123 Å². The van der Waals surface area contributed by atoms with Crippen LogP contribution in [0.3, 0.4) is 0 Å². The highest BCUT2D eigenvalue weighted by atomic mass is 16.3. The minimum absolute atomic E-state index is 0.480. The molecule has 0 aliphatic heterocycles. The maximum Gasteiger partial charge on any atom is 0.108 e. The molecule has 1 aromatic rings. The van der Waals surface area contributed by atoms with Gasteiger partial charge in [-0.15, -0.1) is 0 Å². The largest absolute Gasteiger partial charge is 0.469 e. The molecule has 1 saturated carbocycles. The summed E-state index contributed by atoms with van der Waals surface area (Å²) in [5.74, 6) is 2.12. The van der Waals surface area contributed by atoms with Crippen LogP contribution in [0.4, 0.5) is 0 Å². The van der Waals surface area contributed by atoms with Crippen molar-refractivity contribution in [2.24, 2.45) is 11.3 Å². The molecule has 2 aliphatic carbocycles. The number of nitrogens with one attached hydrogen (secondary N) is 1. The van der Waals surface area contributed by atoms with E-state index in [2.05, 4.69) is 32.2 Å². The first-order valence-electron chi connectivity index (χ1n) is 8.36. The van der Waals surface area contributed by atoms with Gasteiger partial charge in [0.1, 0.15) is 5.76 Å². The van der Waals surface area contributed by atoms with Gasteiger partial charge in [0.05, 0.1) is 6.26 Å². The summed E-state index contributed by atoms with van der Waals surface area (Å²) in [6, 6.07) is 3.42. The number of furan rings is 1. The van der Waals surface area contributed by atoms with Gasteiger partial charge in [-0.1, -0.05) is 20.8 Å². The van der Waals surface area contributed by atoms with E-state index in [4.69, 9.17) is 4.42 Å². The van der Waals surface area contributed by atoms with Crippen molar-refractivity contribution in [2.45, 2.75) is 77.8 Å². The summed E-state index contributed by atoms with van der Waals surface area (Å²) in [4.78, 5) is 0. The van der Waals surface area contributed by atoms with Crippen LogP contribution in [0.25, 0.3) is 0 Å². The summed E-state index contributed by atoms with van der Waals surface area (Å²) < 4.78 is 5.60. The Hall–Kier alpha value is -0.760. The molecule has 1 unspecified atom stereocenters. The molecule has 1 N–H and O–H groups in total. The minimum Gasteiger partial charge on any atom is -0.469 e. The normalized spacial score (nSPS) is 31.1. The van der Waals surface area contributed by atoms with E-state index in [9.17, 15) is 0 Å². The Balaban J connectivity index is 1.56. The van der Waals surface area contributed by atoms with Crippen LogP contribution in [0.5, 0.6) is 0 Å². The molecular formula is C18H29NO. The molecular weight excluding hydrogens is 246 g/mol. The van der Waals surface area contributed by atoms with Crippen LogP contribution in [-0.4, -0.2) is 6.04 Å². The Bertz CT molecular complexity index is 435. The Morgan fingerprint density at radius 3 is 2.55 bits per heavy atom. The monoisotopic (exact) mass is 275 g/mol. The third-order valence-electron chi connectivity index (χ3n) is 5.44. The number of hydrogen-bond acceptors (Lipinski definition) is 2. The SMILES string of the molecule is CC(C)(C)C1CCC(NC2CCCc3occc32)CC1. The van der Waals surface area contributed by atoms with E-state index < -0.39 is 0 Å². The Morgan fingerprint density at radius 1 is 1.10 bits per heavy atom. The van der Waals surface area contributed by atoms with E-state index in [1.807, 2.05) is 6.26 Å². The first-order chi connectivity index (χ1) is 9.54. The molecule has 0 saturated heterocycles. The molecule has 1 fully saturated rings. The lowest BCUT2D eigenvalue weighted by Gasteiger charge is -2.38. The molecule has 0 aromatic carbocycles. The number of fused-ring (bicyclic) bond motifs is 1. The van der Waals surface area contributed by atoms with Crippen molar-refractivity contribution >= 4 is 0 Å². The van der Waals surface area contributed by atoms with Crippen molar-refractivity contribution in [1.82, 2.24) is 5.32 Å². The molecule has 0 amide bonds. The van der Waals surface area contributed by atoms with E-state index >= 15 is 0 Å². The molecule has 1 heterocycles. The highest BCUT2D eigenvalue weighted by Crippen LogP contribution is 2.39. The van der Waals surface area contributed by atoms with Crippen LogP contribution in [0.2, 0.25) is 0 Å². The fourth-order valence-electron chi connectivity index (χ4n) is 4.07. The zero-order valence-corrected chi connectivity index (χ0v) is 13.2. The van der Waals surface area contributed by atoms with E-state index in [-0.39, 0.29) is 0 Å². The molecule has 1 atom stereocenters. The Kier molecular flexibility index (Phi) is 3.94. The van der Waals surface area contributed by atoms with Crippen LogP contribution >= 0.6 is 0 Å². The van der Waals surface area contributed by atoms with Gasteiger partial charge in [0.2, 0.25) is 0 Å². The molecule has 2 aliphatic rings. The molecule has 20 heavy (non-hydrogen) atoms. The number of aryl methyl sites for hydroxylation is 1. The zero-order chi connectivity index (χ0) is 14.2. The van der Waals surface area contributed by atoms with E-state index in [1.165, 1.54) is 49.8 Å². The second-order valence-electron chi connectivity index (χ2n) is 7.83. The third-order valence-corrected chi connectivity index (χ3v) is 5.44. The molecule has 0 radical (unpaired) electrons. The molecule has 0 bridgehead atoms. The lowest BCUT2D eigenvalue weighted by Crippen LogP contribution is -2.39. The average Bonchev–Trinajstić information content (AvgIpc) is 2.88. The first-order valence-corrected chi connectivity index (χ1v) is 8.36. The van der Waals surface area contributed by atoms with Crippen molar-refractivity contribution in [2.75, 3.05) is 0 Å².